The van der Waals surface area contributed by atoms with Crippen molar-refractivity contribution in [1.82, 2.24) is 25.0 Å². The maximum atomic E-state index is 13.1. The summed E-state index contributed by atoms with van der Waals surface area (Å²) in [5, 5.41) is 11.8. The third kappa shape index (κ3) is 6.27. The average Bonchev–Trinajstić information content (AvgIpc) is 3.41. The summed E-state index contributed by atoms with van der Waals surface area (Å²) >= 11 is 0. The first-order valence-corrected chi connectivity index (χ1v) is 15.1. The van der Waals surface area contributed by atoms with Gasteiger partial charge in [-0.1, -0.05) is 6.07 Å². The highest BCUT2D eigenvalue weighted by Crippen LogP contribution is 2.48. The van der Waals surface area contributed by atoms with Gasteiger partial charge in [0.15, 0.2) is 0 Å². The number of anilines is 1. The highest BCUT2D eigenvalue weighted by molar-refractivity contribution is 6.05. The minimum Gasteiger partial charge on any atom is -0.494 e. The van der Waals surface area contributed by atoms with Crippen LogP contribution >= 0.6 is 0 Å². The Bertz CT molecular complexity index is 1400. The second-order valence-electron chi connectivity index (χ2n) is 12.3. The molecule has 8 nitrogen and oxygen atoms in total. The van der Waals surface area contributed by atoms with Crippen LogP contribution in [0.25, 0.3) is 10.9 Å². The van der Waals surface area contributed by atoms with Crippen LogP contribution in [-0.2, 0) is 6.18 Å². The highest BCUT2D eigenvalue weighted by atomic mass is 19.4. The quantitative estimate of drug-likeness (QED) is 0.375. The molecule has 2 aliphatic heterocycles. The number of carbonyl (C=O) groups excluding carboxylic acids is 1. The standard InChI is InChI=1S/C31H39F3N6O2/c1-42-27-18-25-22(17-26(27)37-29(41)24-3-2-4-28(36-24)31(32,33)34)20-40(38-25)23-5-9-30(10-6-23)11-15-39(16-12-30)19-21-7-13-35-14-8-21/h2-4,17-18,20-21,23,35H,5-16,19H2,1H3,(H,37,41). The molecule has 1 saturated carbocycles. The van der Waals surface area contributed by atoms with Gasteiger partial charge in [-0.25, -0.2) is 4.98 Å². The Morgan fingerprint density at radius 1 is 1.10 bits per heavy atom. The number of amides is 1. The first-order valence-electron chi connectivity index (χ1n) is 15.1. The molecule has 2 N–H and O–H groups in total. The number of alkyl halides is 3. The molecule has 11 heteroatoms. The van der Waals surface area contributed by atoms with Crippen molar-refractivity contribution in [3.63, 3.8) is 0 Å². The summed E-state index contributed by atoms with van der Waals surface area (Å²) in [4.78, 5) is 19.0. The predicted octanol–water partition coefficient (Wildman–Crippen LogP) is 5.91. The van der Waals surface area contributed by atoms with Crippen LogP contribution in [0.5, 0.6) is 5.75 Å². The first kappa shape index (κ1) is 28.9. The number of hydrogen-bond donors (Lipinski definition) is 2. The number of benzene rings is 1. The minimum absolute atomic E-state index is 0.314. The number of ether oxygens (including phenoxy) is 1. The molecule has 0 radical (unpaired) electrons. The molecule has 4 heterocycles. The lowest BCUT2D eigenvalue weighted by atomic mass is 9.67. The summed E-state index contributed by atoms with van der Waals surface area (Å²) in [7, 11) is 1.48. The van der Waals surface area contributed by atoms with Crippen molar-refractivity contribution in [2.75, 3.05) is 45.2 Å². The fourth-order valence-electron chi connectivity index (χ4n) is 7.05. The van der Waals surface area contributed by atoms with Gasteiger partial charge in [-0.2, -0.15) is 18.3 Å². The summed E-state index contributed by atoms with van der Waals surface area (Å²) in [6, 6.07) is 7.08. The van der Waals surface area contributed by atoms with Crippen molar-refractivity contribution in [1.29, 1.82) is 0 Å². The van der Waals surface area contributed by atoms with Crippen LogP contribution in [0.4, 0.5) is 18.9 Å². The average molecular weight is 585 g/mol. The Hall–Kier alpha value is -3.18. The van der Waals surface area contributed by atoms with Gasteiger partial charge in [-0.05, 0) is 107 Å². The highest BCUT2D eigenvalue weighted by Gasteiger charge is 2.39. The van der Waals surface area contributed by atoms with Gasteiger partial charge < -0.3 is 20.3 Å². The third-order valence-electron chi connectivity index (χ3n) is 9.65. The summed E-state index contributed by atoms with van der Waals surface area (Å²) in [6.07, 6.45) is 7.13. The van der Waals surface area contributed by atoms with Gasteiger partial charge in [0.1, 0.15) is 17.1 Å². The van der Waals surface area contributed by atoms with Crippen LogP contribution in [0.1, 0.15) is 73.6 Å². The lowest BCUT2D eigenvalue weighted by molar-refractivity contribution is -0.141. The van der Waals surface area contributed by atoms with Crippen molar-refractivity contribution in [3.05, 3.63) is 47.9 Å². The number of hydrogen-bond acceptors (Lipinski definition) is 6. The number of nitrogens with one attached hydrogen (secondary N) is 2. The summed E-state index contributed by atoms with van der Waals surface area (Å²) < 4.78 is 46.8. The molecular weight excluding hydrogens is 545 g/mol. The fourth-order valence-corrected chi connectivity index (χ4v) is 7.05. The van der Waals surface area contributed by atoms with E-state index in [9.17, 15) is 18.0 Å². The number of piperidine rings is 2. The van der Waals surface area contributed by atoms with Crippen molar-refractivity contribution in [3.8, 4) is 5.75 Å². The number of carbonyl (C=O) groups is 1. The number of methoxy groups -OCH3 is 1. The summed E-state index contributed by atoms with van der Waals surface area (Å²) in [5.74, 6) is 0.479. The van der Waals surface area contributed by atoms with Gasteiger partial charge in [-0.15, -0.1) is 0 Å². The summed E-state index contributed by atoms with van der Waals surface area (Å²) in [5.41, 5.74) is 0.110. The number of rotatable bonds is 6. The van der Waals surface area contributed by atoms with Crippen molar-refractivity contribution in [2.45, 2.75) is 63.6 Å². The largest absolute Gasteiger partial charge is 0.494 e. The van der Waals surface area contributed by atoms with Crippen LogP contribution in [0.15, 0.2) is 36.5 Å². The van der Waals surface area contributed by atoms with Crippen LogP contribution < -0.4 is 15.4 Å². The molecule has 2 aromatic heterocycles. The Balaban J connectivity index is 1.09. The smallest absolute Gasteiger partial charge is 0.433 e. The van der Waals surface area contributed by atoms with Gasteiger partial charge in [0, 0.05) is 24.2 Å². The fraction of sp³-hybridized carbons (Fsp3) is 0.581. The van der Waals surface area contributed by atoms with Gasteiger partial charge in [0.25, 0.3) is 5.91 Å². The molecule has 1 spiro atoms. The first-order chi connectivity index (χ1) is 20.2. The van der Waals surface area contributed by atoms with Crippen molar-refractivity contribution >= 4 is 22.5 Å². The SMILES string of the molecule is COc1cc2nn(C3CCC4(CC3)CCN(CC3CCNCC3)CC4)cc2cc1NC(=O)c1cccc(C(F)(F)F)n1. The molecular formula is C31H39F3N6O2. The number of likely N-dealkylation sites (tertiary alicyclic amines) is 1. The zero-order chi connectivity index (χ0) is 29.3. The molecule has 42 heavy (non-hydrogen) atoms. The number of halogens is 3. The van der Waals surface area contributed by atoms with Gasteiger partial charge >= 0.3 is 6.18 Å². The molecule has 3 fully saturated rings. The monoisotopic (exact) mass is 584 g/mol. The maximum Gasteiger partial charge on any atom is 0.433 e. The maximum absolute atomic E-state index is 13.1. The summed E-state index contributed by atoms with van der Waals surface area (Å²) in [6.45, 7) is 6.00. The molecule has 3 aromatic rings. The van der Waals surface area contributed by atoms with Crippen molar-refractivity contribution < 1.29 is 22.7 Å². The second kappa shape index (κ2) is 11.8. The Morgan fingerprint density at radius 2 is 1.83 bits per heavy atom. The van der Waals surface area contributed by atoms with Crippen LogP contribution in [0.2, 0.25) is 0 Å². The molecule has 226 valence electrons. The molecule has 0 unspecified atom stereocenters. The number of fused-ring (bicyclic) bond motifs is 1. The normalized spacial score (nSPS) is 20.7. The van der Waals surface area contributed by atoms with E-state index in [1.807, 2.05) is 10.9 Å². The Kier molecular flexibility index (Phi) is 8.15. The molecule has 0 bridgehead atoms. The second-order valence-corrected chi connectivity index (χ2v) is 12.3. The molecule has 1 aromatic carbocycles. The van der Waals surface area contributed by atoms with Crippen LogP contribution in [0.3, 0.4) is 0 Å². The van der Waals surface area contributed by atoms with Crippen LogP contribution in [-0.4, -0.2) is 65.4 Å². The molecule has 1 aliphatic carbocycles. The van der Waals surface area contributed by atoms with Crippen LogP contribution in [0, 0.1) is 11.3 Å². The topological polar surface area (TPSA) is 84.3 Å². The Labute approximate surface area is 244 Å². The number of nitrogens with zero attached hydrogens (tertiary/aromatic N) is 4. The van der Waals surface area contributed by atoms with E-state index < -0.39 is 17.8 Å². The Morgan fingerprint density at radius 3 is 2.52 bits per heavy atom. The number of pyridine rings is 1. The van der Waals surface area contributed by atoms with Gasteiger partial charge in [-0.3, -0.25) is 9.48 Å². The van der Waals surface area contributed by atoms with E-state index in [4.69, 9.17) is 9.84 Å². The van der Waals surface area contributed by atoms with E-state index >= 15 is 0 Å². The van der Waals surface area contributed by atoms with E-state index in [1.165, 1.54) is 77.4 Å². The molecule has 3 aliphatic rings. The van der Waals surface area contributed by atoms with Crippen molar-refractivity contribution in [2.24, 2.45) is 11.3 Å². The molecule has 6 rings (SSSR count). The predicted molar refractivity (Wildman–Crippen MR) is 155 cm³/mol. The van der Waals surface area contributed by atoms with E-state index in [-0.39, 0.29) is 5.69 Å². The molecule has 0 atom stereocenters. The zero-order valence-corrected chi connectivity index (χ0v) is 24.1. The molecule has 2 saturated heterocycles. The van der Waals surface area contributed by atoms with Gasteiger partial charge in [0.05, 0.1) is 24.4 Å². The molecule has 1 amide bonds. The van der Waals surface area contributed by atoms with E-state index in [0.717, 1.165) is 48.8 Å². The minimum atomic E-state index is -4.63. The van der Waals surface area contributed by atoms with E-state index in [1.54, 1.807) is 12.1 Å². The van der Waals surface area contributed by atoms with E-state index in [0.29, 0.717) is 22.9 Å². The zero-order valence-electron chi connectivity index (χ0n) is 24.1. The van der Waals surface area contributed by atoms with E-state index in [2.05, 4.69) is 20.5 Å². The lowest BCUT2D eigenvalue weighted by Gasteiger charge is -2.46. The number of aromatic nitrogens is 3. The lowest BCUT2D eigenvalue weighted by Crippen LogP contribution is -2.45. The third-order valence-corrected chi connectivity index (χ3v) is 9.65. The van der Waals surface area contributed by atoms with Gasteiger partial charge in [0.2, 0.25) is 0 Å².